The van der Waals surface area contributed by atoms with Gasteiger partial charge in [-0.25, -0.2) is 0 Å². The van der Waals surface area contributed by atoms with Crippen molar-refractivity contribution >= 4 is 5.97 Å². The quantitative estimate of drug-likeness (QED) is 0.629. The van der Waals surface area contributed by atoms with Gasteiger partial charge in [-0.2, -0.15) is 0 Å². The highest BCUT2D eigenvalue weighted by molar-refractivity contribution is 5.73. The van der Waals surface area contributed by atoms with Gasteiger partial charge in [0.2, 0.25) is 0 Å². The van der Waals surface area contributed by atoms with Crippen molar-refractivity contribution in [3.8, 4) is 0 Å². The molecule has 0 aliphatic carbocycles. The van der Waals surface area contributed by atoms with Crippen molar-refractivity contribution in [2.45, 2.75) is 39.7 Å². The molecule has 96 valence electrons. The zero-order chi connectivity index (χ0) is 12.6. The van der Waals surface area contributed by atoms with Crippen molar-refractivity contribution in [3.63, 3.8) is 0 Å². The predicted octanol–water partition coefficient (Wildman–Crippen LogP) is 1.42. The second-order valence-electron chi connectivity index (χ2n) is 4.72. The highest BCUT2D eigenvalue weighted by Crippen LogP contribution is 2.02. The molecule has 0 aromatic rings. The second kappa shape index (κ2) is 8.53. The Bertz CT molecular complexity index is 195. The normalized spacial score (nSPS) is 13.4. The average Bonchev–Trinajstić information content (AvgIpc) is 2.20. The van der Waals surface area contributed by atoms with E-state index in [0.29, 0.717) is 18.9 Å². The second-order valence-corrected chi connectivity index (χ2v) is 4.72. The molecule has 0 aliphatic heterocycles. The molecule has 0 amide bonds. The third-order valence-corrected chi connectivity index (χ3v) is 2.64. The molecular formula is C12H26N2O2. The number of hydrogen-bond donors (Lipinski definition) is 2. The highest BCUT2D eigenvalue weighted by Gasteiger charge is 2.16. The van der Waals surface area contributed by atoms with Crippen molar-refractivity contribution in [1.82, 2.24) is 10.2 Å². The van der Waals surface area contributed by atoms with Crippen LogP contribution in [0.5, 0.6) is 0 Å². The van der Waals surface area contributed by atoms with Crippen molar-refractivity contribution in [3.05, 3.63) is 0 Å². The lowest BCUT2D eigenvalue weighted by Crippen LogP contribution is -2.39. The fraction of sp³-hybridized carbons (Fsp3) is 0.917. The molecule has 0 aliphatic rings. The molecule has 0 saturated heterocycles. The van der Waals surface area contributed by atoms with Gasteiger partial charge in [-0.15, -0.1) is 0 Å². The molecule has 1 atom stereocenters. The Morgan fingerprint density at radius 2 is 1.88 bits per heavy atom. The van der Waals surface area contributed by atoms with Gasteiger partial charge in [0.25, 0.3) is 0 Å². The van der Waals surface area contributed by atoms with Crippen molar-refractivity contribution in [1.29, 1.82) is 0 Å². The molecule has 4 heteroatoms. The van der Waals surface area contributed by atoms with Crippen molar-refractivity contribution < 1.29 is 9.90 Å². The summed E-state index contributed by atoms with van der Waals surface area (Å²) in [4.78, 5) is 13.1. The van der Waals surface area contributed by atoms with E-state index in [1.165, 1.54) is 0 Å². The van der Waals surface area contributed by atoms with Crippen LogP contribution in [0.4, 0.5) is 0 Å². The van der Waals surface area contributed by atoms with Gasteiger partial charge in [0.15, 0.2) is 0 Å². The molecule has 0 aromatic carbocycles. The number of nitrogens with zero attached hydrogens (tertiary/aromatic N) is 1. The van der Waals surface area contributed by atoms with Gasteiger partial charge in [0, 0.05) is 0 Å². The Morgan fingerprint density at radius 1 is 1.31 bits per heavy atom. The Morgan fingerprint density at radius 3 is 2.31 bits per heavy atom. The number of carboxylic acid groups (broad SMARTS) is 1. The summed E-state index contributed by atoms with van der Waals surface area (Å²) in [7, 11) is 2.05. The first-order valence-electron chi connectivity index (χ1n) is 6.12. The largest absolute Gasteiger partial charge is 0.480 e. The molecule has 0 rings (SSSR count). The van der Waals surface area contributed by atoms with E-state index in [9.17, 15) is 4.79 Å². The molecule has 0 radical (unpaired) electrons. The van der Waals surface area contributed by atoms with Gasteiger partial charge >= 0.3 is 5.97 Å². The predicted molar refractivity (Wildman–Crippen MR) is 66.7 cm³/mol. The van der Waals surface area contributed by atoms with Gasteiger partial charge in [0.1, 0.15) is 6.04 Å². The third-order valence-electron chi connectivity index (χ3n) is 2.64. The van der Waals surface area contributed by atoms with E-state index < -0.39 is 12.0 Å². The van der Waals surface area contributed by atoms with Crippen molar-refractivity contribution in [2.75, 3.05) is 26.7 Å². The first-order valence-corrected chi connectivity index (χ1v) is 6.12. The Balaban J connectivity index is 3.77. The van der Waals surface area contributed by atoms with Crippen LogP contribution in [-0.2, 0) is 4.79 Å². The number of carboxylic acids is 1. The first-order chi connectivity index (χ1) is 7.47. The lowest BCUT2D eigenvalue weighted by molar-refractivity contribution is -0.139. The van der Waals surface area contributed by atoms with E-state index in [0.717, 1.165) is 19.5 Å². The summed E-state index contributed by atoms with van der Waals surface area (Å²) >= 11 is 0. The zero-order valence-corrected chi connectivity index (χ0v) is 11.0. The minimum atomic E-state index is -0.751. The molecule has 0 heterocycles. The zero-order valence-electron chi connectivity index (χ0n) is 11.0. The summed E-state index contributed by atoms with van der Waals surface area (Å²) in [6.45, 7) is 8.90. The Kier molecular flexibility index (Phi) is 8.21. The minimum absolute atomic E-state index is 0.411. The first kappa shape index (κ1) is 15.4. The van der Waals surface area contributed by atoms with Crippen LogP contribution >= 0.6 is 0 Å². The summed E-state index contributed by atoms with van der Waals surface area (Å²) in [5, 5.41) is 11.9. The van der Waals surface area contributed by atoms with Gasteiger partial charge in [-0.1, -0.05) is 20.8 Å². The number of aliphatic carboxylic acids is 1. The van der Waals surface area contributed by atoms with Gasteiger partial charge < -0.3 is 15.3 Å². The Hall–Kier alpha value is -0.610. The van der Waals surface area contributed by atoms with E-state index in [2.05, 4.69) is 24.1 Å². The molecular weight excluding hydrogens is 204 g/mol. The van der Waals surface area contributed by atoms with E-state index in [4.69, 9.17) is 5.11 Å². The topological polar surface area (TPSA) is 52.6 Å². The van der Waals surface area contributed by atoms with E-state index in [-0.39, 0.29) is 0 Å². The molecule has 0 aromatic heterocycles. The number of likely N-dealkylation sites (N-methyl/N-ethyl adjacent to an activating group) is 1. The standard InChI is InChI=1S/C12H26N2O2/c1-5-13-11(12(15)16)7-9-14(4)8-6-10(2)3/h10-11,13H,5-9H2,1-4H3,(H,15,16). The van der Waals surface area contributed by atoms with Crippen LogP contribution in [0.15, 0.2) is 0 Å². The highest BCUT2D eigenvalue weighted by atomic mass is 16.4. The smallest absolute Gasteiger partial charge is 0.320 e. The van der Waals surface area contributed by atoms with Crippen LogP contribution in [0.25, 0.3) is 0 Å². The lowest BCUT2D eigenvalue weighted by Gasteiger charge is -2.20. The third kappa shape index (κ3) is 7.65. The maximum atomic E-state index is 10.9. The molecule has 0 fully saturated rings. The van der Waals surface area contributed by atoms with Crippen LogP contribution in [0, 0.1) is 5.92 Å². The molecule has 16 heavy (non-hydrogen) atoms. The Labute approximate surface area is 99.0 Å². The number of rotatable bonds is 9. The maximum Gasteiger partial charge on any atom is 0.320 e. The van der Waals surface area contributed by atoms with Gasteiger partial charge in [-0.05, 0) is 45.4 Å². The average molecular weight is 230 g/mol. The van der Waals surface area contributed by atoms with Gasteiger partial charge in [0.05, 0.1) is 0 Å². The summed E-state index contributed by atoms with van der Waals surface area (Å²) in [5.74, 6) is -0.0504. The maximum absolute atomic E-state index is 10.9. The minimum Gasteiger partial charge on any atom is -0.480 e. The summed E-state index contributed by atoms with van der Waals surface area (Å²) in [5.41, 5.74) is 0. The molecule has 2 N–H and O–H groups in total. The molecule has 0 saturated carbocycles. The van der Waals surface area contributed by atoms with E-state index in [1.807, 2.05) is 14.0 Å². The van der Waals surface area contributed by atoms with Gasteiger partial charge in [-0.3, -0.25) is 4.79 Å². The number of nitrogens with one attached hydrogen (secondary N) is 1. The SMILES string of the molecule is CCNC(CCN(C)CCC(C)C)C(=O)O. The number of carbonyl (C=O) groups is 1. The van der Waals surface area contributed by atoms with Crippen LogP contribution < -0.4 is 5.32 Å². The molecule has 4 nitrogen and oxygen atoms in total. The van der Waals surface area contributed by atoms with E-state index in [1.54, 1.807) is 0 Å². The fourth-order valence-corrected chi connectivity index (χ4v) is 1.50. The molecule has 1 unspecified atom stereocenters. The summed E-state index contributed by atoms with van der Waals surface area (Å²) < 4.78 is 0. The molecule has 0 bridgehead atoms. The van der Waals surface area contributed by atoms with Crippen molar-refractivity contribution in [2.24, 2.45) is 5.92 Å². The molecule has 0 spiro atoms. The monoisotopic (exact) mass is 230 g/mol. The van der Waals surface area contributed by atoms with Crippen LogP contribution in [0.2, 0.25) is 0 Å². The number of hydrogen-bond acceptors (Lipinski definition) is 3. The van der Waals surface area contributed by atoms with Crippen LogP contribution in [0.3, 0.4) is 0 Å². The summed E-state index contributed by atoms with van der Waals surface area (Å²) in [6.07, 6.45) is 1.83. The van der Waals surface area contributed by atoms with E-state index >= 15 is 0 Å². The lowest BCUT2D eigenvalue weighted by atomic mass is 10.1. The fourth-order valence-electron chi connectivity index (χ4n) is 1.50. The van der Waals surface area contributed by atoms with Crippen LogP contribution in [0.1, 0.15) is 33.6 Å². The van der Waals surface area contributed by atoms with Crippen LogP contribution in [-0.4, -0.2) is 48.7 Å². The summed E-state index contributed by atoms with van der Waals surface area (Å²) in [6, 6.07) is -0.411.